The second kappa shape index (κ2) is 6.16. The van der Waals surface area contributed by atoms with Crippen LogP contribution in [0.5, 0.6) is 0 Å². The molecule has 3 aromatic rings. The molecule has 0 saturated heterocycles. The van der Waals surface area contributed by atoms with E-state index in [1.165, 1.54) is 19.2 Å². The molecule has 0 heterocycles. The minimum Gasteiger partial charge on any atom is -0.468 e. The molecule has 0 bridgehead atoms. The van der Waals surface area contributed by atoms with Crippen LogP contribution in [0.2, 0.25) is 0 Å². The van der Waals surface area contributed by atoms with E-state index < -0.39 is 5.41 Å². The Kier molecular flexibility index (Phi) is 3.73. The third-order valence-electron chi connectivity index (χ3n) is 6.00. The van der Waals surface area contributed by atoms with E-state index in [1.54, 1.807) is 12.1 Å². The molecule has 0 aromatic heterocycles. The summed E-state index contributed by atoms with van der Waals surface area (Å²) in [7, 11) is 1.45. The van der Waals surface area contributed by atoms with E-state index >= 15 is 0 Å². The molecule has 5 rings (SSSR count). The van der Waals surface area contributed by atoms with Gasteiger partial charge in [0.1, 0.15) is 11.2 Å². The van der Waals surface area contributed by atoms with Gasteiger partial charge in [0.25, 0.3) is 0 Å². The van der Waals surface area contributed by atoms with E-state index in [9.17, 15) is 9.18 Å². The van der Waals surface area contributed by atoms with Gasteiger partial charge in [-0.2, -0.15) is 0 Å². The lowest BCUT2D eigenvalue weighted by atomic mass is 9.66. The van der Waals surface area contributed by atoms with Crippen molar-refractivity contribution in [1.82, 2.24) is 0 Å². The van der Waals surface area contributed by atoms with E-state index in [0.717, 1.165) is 39.0 Å². The summed E-state index contributed by atoms with van der Waals surface area (Å²) in [6, 6.07) is 22.9. The first-order valence-electron chi connectivity index (χ1n) is 9.40. The Bertz CT molecular complexity index is 1130. The quantitative estimate of drug-likeness (QED) is 0.590. The fraction of sp³-hybridized carbons (Fsp3) is 0.160. The smallest absolute Gasteiger partial charge is 0.317 e. The minimum atomic E-state index is -0.753. The molecule has 3 aromatic carbocycles. The number of halogens is 1. The standard InChI is InChI=1S/C25H19FO2/c1-28-24(27)25-14-17-6-2-4-8-20(17)22(16-10-12-19(26)13-11-16)23(25)21-9-5-3-7-18(21)15-25/h2-13H,14-15H2,1H3. The summed E-state index contributed by atoms with van der Waals surface area (Å²) in [5, 5.41) is 0. The van der Waals surface area contributed by atoms with Crippen LogP contribution in [0.3, 0.4) is 0 Å². The molecule has 0 N–H and O–H groups in total. The van der Waals surface area contributed by atoms with Crippen LogP contribution in [0.15, 0.2) is 72.8 Å². The second-order valence-electron chi connectivity index (χ2n) is 7.50. The van der Waals surface area contributed by atoms with Gasteiger partial charge in [-0.25, -0.2) is 4.39 Å². The Hall–Kier alpha value is -3.20. The highest BCUT2D eigenvalue weighted by Gasteiger charge is 2.52. The van der Waals surface area contributed by atoms with Crippen LogP contribution in [-0.4, -0.2) is 13.1 Å². The first-order valence-corrected chi connectivity index (χ1v) is 9.40. The van der Waals surface area contributed by atoms with Gasteiger partial charge in [-0.3, -0.25) is 4.79 Å². The summed E-state index contributed by atoms with van der Waals surface area (Å²) in [5.41, 5.74) is 6.60. The topological polar surface area (TPSA) is 26.3 Å². The summed E-state index contributed by atoms with van der Waals surface area (Å²) in [4.78, 5) is 13.2. The highest BCUT2D eigenvalue weighted by atomic mass is 19.1. The van der Waals surface area contributed by atoms with Crippen molar-refractivity contribution in [3.63, 3.8) is 0 Å². The van der Waals surface area contributed by atoms with Gasteiger partial charge < -0.3 is 4.74 Å². The molecular formula is C25H19FO2. The van der Waals surface area contributed by atoms with Crippen LogP contribution in [0.1, 0.15) is 27.8 Å². The summed E-state index contributed by atoms with van der Waals surface area (Å²) in [6.07, 6.45) is 1.22. The van der Waals surface area contributed by atoms with Crippen LogP contribution >= 0.6 is 0 Å². The number of hydrogen-bond donors (Lipinski definition) is 0. The van der Waals surface area contributed by atoms with E-state index in [-0.39, 0.29) is 11.8 Å². The fourth-order valence-corrected chi connectivity index (χ4v) is 4.85. The molecular weight excluding hydrogens is 351 g/mol. The average molecular weight is 370 g/mol. The van der Waals surface area contributed by atoms with Crippen molar-refractivity contribution in [2.75, 3.05) is 7.11 Å². The molecule has 2 nitrogen and oxygen atoms in total. The van der Waals surface area contributed by atoms with Crippen molar-refractivity contribution in [3.8, 4) is 0 Å². The Balaban J connectivity index is 1.91. The molecule has 1 atom stereocenters. The number of carbonyl (C=O) groups is 1. The SMILES string of the molecule is COC(=O)C12Cc3ccccc3C(c3ccc(F)cc3)=C1c1ccccc1C2. The van der Waals surface area contributed by atoms with Gasteiger partial charge in [0.2, 0.25) is 0 Å². The van der Waals surface area contributed by atoms with E-state index in [1.807, 2.05) is 24.3 Å². The molecule has 3 heteroatoms. The first kappa shape index (κ1) is 16.9. The lowest BCUT2D eigenvalue weighted by Gasteiger charge is -2.36. The Morgan fingerprint density at radius 2 is 1.43 bits per heavy atom. The van der Waals surface area contributed by atoms with Crippen molar-refractivity contribution in [1.29, 1.82) is 0 Å². The van der Waals surface area contributed by atoms with Gasteiger partial charge in [-0.1, -0.05) is 60.7 Å². The van der Waals surface area contributed by atoms with Crippen molar-refractivity contribution >= 4 is 17.1 Å². The van der Waals surface area contributed by atoms with E-state index in [2.05, 4.69) is 24.3 Å². The van der Waals surface area contributed by atoms with Gasteiger partial charge in [0.05, 0.1) is 7.11 Å². The van der Waals surface area contributed by atoms with Crippen LogP contribution < -0.4 is 0 Å². The van der Waals surface area contributed by atoms with E-state index in [4.69, 9.17) is 4.74 Å². The minimum absolute atomic E-state index is 0.215. The van der Waals surface area contributed by atoms with Gasteiger partial charge in [-0.05, 0) is 63.9 Å². The predicted molar refractivity (Wildman–Crippen MR) is 107 cm³/mol. The number of methoxy groups -OCH3 is 1. The maximum Gasteiger partial charge on any atom is 0.317 e. The molecule has 0 radical (unpaired) electrons. The largest absolute Gasteiger partial charge is 0.468 e. The Morgan fingerprint density at radius 1 is 0.857 bits per heavy atom. The lowest BCUT2D eigenvalue weighted by molar-refractivity contribution is -0.148. The summed E-state index contributed by atoms with van der Waals surface area (Å²) in [6.45, 7) is 0. The van der Waals surface area contributed by atoms with Crippen molar-refractivity contribution in [2.45, 2.75) is 12.8 Å². The van der Waals surface area contributed by atoms with E-state index in [0.29, 0.717) is 12.8 Å². The van der Waals surface area contributed by atoms with Gasteiger partial charge in [0.15, 0.2) is 0 Å². The van der Waals surface area contributed by atoms with Gasteiger partial charge in [0, 0.05) is 0 Å². The molecule has 0 aliphatic heterocycles. The molecule has 0 spiro atoms. The number of fused-ring (bicyclic) bond motifs is 4. The highest BCUT2D eigenvalue weighted by molar-refractivity contribution is 6.12. The Morgan fingerprint density at radius 3 is 2.07 bits per heavy atom. The maximum atomic E-state index is 13.6. The molecule has 2 aliphatic rings. The normalized spacial score (nSPS) is 19.6. The van der Waals surface area contributed by atoms with Crippen molar-refractivity contribution < 1.29 is 13.9 Å². The first-order chi connectivity index (χ1) is 13.6. The van der Waals surface area contributed by atoms with Crippen molar-refractivity contribution in [2.24, 2.45) is 5.41 Å². The number of benzene rings is 3. The molecule has 138 valence electrons. The number of esters is 1. The zero-order valence-corrected chi connectivity index (χ0v) is 15.5. The fourth-order valence-electron chi connectivity index (χ4n) is 4.85. The molecule has 1 unspecified atom stereocenters. The third kappa shape index (κ3) is 2.29. The second-order valence-corrected chi connectivity index (χ2v) is 7.50. The lowest BCUT2D eigenvalue weighted by Crippen LogP contribution is -2.37. The number of rotatable bonds is 2. The molecule has 2 aliphatic carbocycles. The van der Waals surface area contributed by atoms with Crippen LogP contribution in [0, 0.1) is 11.2 Å². The zero-order valence-electron chi connectivity index (χ0n) is 15.5. The van der Waals surface area contributed by atoms with Crippen molar-refractivity contribution in [3.05, 3.63) is 106 Å². The molecule has 0 saturated carbocycles. The molecule has 28 heavy (non-hydrogen) atoms. The summed E-state index contributed by atoms with van der Waals surface area (Å²) < 4.78 is 18.9. The maximum absolute atomic E-state index is 13.6. The van der Waals surface area contributed by atoms with Gasteiger partial charge in [-0.15, -0.1) is 0 Å². The van der Waals surface area contributed by atoms with Crippen LogP contribution in [0.4, 0.5) is 4.39 Å². The number of hydrogen-bond acceptors (Lipinski definition) is 2. The van der Waals surface area contributed by atoms with Crippen LogP contribution in [-0.2, 0) is 22.4 Å². The number of ether oxygens (including phenoxy) is 1. The van der Waals surface area contributed by atoms with Gasteiger partial charge >= 0.3 is 5.97 Å². The average Bonchev–Trinajstić information content (AvgIpc) is 3.07. The monoisotopic (exact) mass is 370 g/mol. The zero-order chi connectivity index (χ0) is 19.3. The highest BCUT2D eigenvalue weighted by Crippen LogP contribution is 2.57. The van der Waals surface area contributed by atoms with Crippen LogP contribution in [0.25, 0.3) is 11.1 Å². The summed E-state index contributed by atoms with van der Waals surface area (Å²) >= 11 is 0. The Labute approximate surface area is 163 Å². The molecule has 0 amide bonds. The number of carbonyl (C=O) groups excluding carboxylic acids is 1. The summed E-state index contributed by atoms with van der Waals surface area (Å²) in [5.74, 6) is -0.489. The molecule has 0 fully saturated rings. The third-order valence-corrected chi connectivity index (χ3v) is 6.00. The predicted octanol–water partition coefficient (Wildman–Crippen LogP) is 5.06.